The number of nitrogens with zero attached hydrogens (tertiary/aromatic N) is 2. The van der Waals surface area contributed by atoms with E-state index in [4.69, 9.17) is 5.84 Å². The second kappa shape index (κ2) is 3.27. The normalized spacial score (nSPS) is 21.2. The van der Waals surface area contributed by atoms with Crippen LogP contribution in [0.4, 0.5) is 0 Å². The molecule has 0 bridgehead atoms. The summed E-state index contributed by atoms with van der Waals surface area (Å²) in [6.45, 7) is 0. The van der Waals surface area contributed by atoms with E-state index >= 15 is 0 Å². The molecule has 0 amide bonds. The van der Waals surface area contributed by atoms with Crippen LogP contribution in [0.1, 0.15) is 5.56 Å². The topological polar surface area (TPSA) is 53.6 Å². The van der Waals surface area contributed by atoms with E-state index in [2.05, 4.69) is 23.2 Å². The molecule has 1 aromatic carbocycles. The van der Waals surface area contributed by atoms with Crippen LogP contribution in [-0.4, -0.2) is 16.3 Å². The molecule has 1 unspecified atom stereocenters. The van der Waals surface area contributed by atoms with E-state index in [9.17, 15) is 0 Å². The fraction of sp³-hybridized carbons (Fsp3) is 0.125. The molecule has 1 atom stereocenters. The van der Waals surface area contributed by atoms with Gasteiger partial charge in [-0.25, -0.2) is 5.84 Å². The molecule has 1 heterocycles. The third-order valence-corrected chi connectivity index (χ3v) is 2.19. The van der Waals surface area contributed by atoms with Gasteiger partial charge in [-0.3, -0.25) is 10.4 Å². The maximum absolute atomic E-state index is 5.72. The quantitative estimate of drug-likeness (QED) is 0.446. The lowest BCUT2D eigenvalue weighted by Gasteiger charge is -2.16. The Hall–Kier alpha value is -1.20. The van der Waals surface area contributed by atoms with Crippen molar-refractivity contribution in [1.29, 1.82) is 0 Å². The maximum Gasteiger partial charge on any atom is 0.175 e. The summed E-state index contributed by atoms with van der Waals surface area (Å²) in [6, 6.07) is 9.74. The first-order valence-corrected chi connectivity index (χ1v) is 4.41. The van der Waals surface area contributed by atoms with E-state index in [0.717, 1.165) is 5.56 Å². The lowest BCUT2D eigenvalue weighted by molar-refractivity contribution is 0.412. The number of thiol groups is 1. The molecule has 0 spiro atoms. The highest BCUT2D eigenvalue weighted by atomic mass is 32.1. The Balaban J connectivity index is 2.29. The Bertz CT molecular complexity index is 324. The van der Waals surface area contributed by atoms with Gasteiger partial charge in [0.15, 0.2) is 11.3 Å². The van der Waals surface area contributed by atoms with Crippen LogP contribution in [-0.2, 0) is 0 Å². The second-order valence-electron chi connectivity index (χ2n) is 2.71. The van der Waals surface area contributed by atoms with Gasteiger partial charge in [-0.05, 0) is 0 Å². The number of nitrogens with one attached hydrogen (secondary N) is 1. The van der Waals surface area contributed by atoms with Gasteiger partial charge in [0.2, 0.25) is 0 Å². The summed E-state index contributed by atoms with van der Waals surface area (Å²) in [7, 11) is 0. The van der Waals surface area contributed by atoms with Crippen LogP contribution in [0.5, 0.6) is 0 Å². The average molecular weight is 194 g/mol. The maximum atomic E-state index is 5.72. The zero-order chi connectivity index (χ0) is 9.26. The molecule has 0 saturated carbocycles. The molecular formula is C8H10N4S. The van der Waals surface area contributed by atoms with Crippen LogP contribution in [0, 0.1) is 0 Å². The van der Waals surface area contributed by atoms with Gasteiger partial charge < -0.3 is 0 Å². The SMILES string of the molecule is NN1C(c2ccccc2)=NNC1S. The van der Waals surface area contributed by atoms with Gasteiger partial charge >= 0.3 is 0 Å². The largest absolute Gasteiger partial charge is 0.275 e. The molecule has 0 saturated heterocycles. The van der Waals surface area contributed by atoms with Crippen molar-refractivity contribution in [2.75, 3.05) is 0 Å². The Labute approximate surface area is 81.8 Å². The summed E-state index contributed by atoms with van der Waals surface area (Å²) in [6.07, 6.45) is 0. The zero-order valence-corrected chi connectivity index (χ0v) is 7.78. The standard InChI is InChI=1S/C8H10N4S/c9-12-7(10-11-8(12)13)6-4-2-1-3-5-6/h1-5,8,11,13H,9H2. The Kier molecular flexibility index (Phi) is 2.12. The summed E-state index contributed by atoms with van der Waals surface area (Å²) < 4.78 is 0. The second-order valence-corrected chi connectivity index (χ2v) is 3.20. The van der Waals surface area contributed by atoms with Crippen molar-refractivity contribution in [3.05, 3.63) is 35.9 Å². The lowest BCUT2D eigenvalue weighted by Crippen LogP contribution is -2.42. The molecule has 1 aromatic rings. The monoisotopic (exact) mass is 194 g/mol. The molecule has 1 aliphatic heterocycles. The van der Waals surface area contributed by atoms with Crippen molar-refractivity contribution >= 4 is 18.5 Å². The number of amidine groups is 1. The van der Waals surface area contributed by atoms with Crippen molar-refractivity contribution < 1.29 is 0 Å². The van der Waals surface area contributed by atoms with E-state index in [1.807, 2.05) is 30.3 Å². The fourth-order valence-corrected chi connectivity index (χ4v) is 1.32. The third kappa shape index (κ3) is 1.48. The first-order valence-electron chi connectivity index (χ1n) is 3.89. The van der Waals surface area contributed by atoms with Crippen LogP contribution in [0.15, 0.2) is 35.4 Å². The molecular weight excluding hydrogens is 184 g/mol. The van der Waals surface area contributed by atoms with Crippen molar-refractivity contribution in [3.8, 4) is 0 Å². The van der Waals surface area contributed by atoms with Crippen molar-refractivity contribution in [2.45, 2.75) is 5.50 Å². The molecule has 0 aliphatic carbocycles. The van der Waals surface area contributed by atoms with E-state index in [1.165, 1.54) is 5.01 Å². The van der Waals surface area contributed by atoms with Crippen LogP contribution in [0.2, 0.25) is 0 Å². The minimum atomic E-state index is -0.241. The first-order chi connectivity index (χ1) is 6.29. The van der Waals surface area contributed by atoms with Crippen LogP contribution >= 0.6 is 12.6 Å². The molecule has 1 aliphatic rings. The summed E-state index contributed by atoms with van der Waals surface area (Å²) in [5.41, 5.74) is 3.51. The predicted octanol–water partition coefficient (Wildman–Crippen LogP) is 0.340. The van der Waals surface area contributed by atoms with Crippen molar-refractivity contribution in [3.63, 3.8) is 0 Å². The van der Waals surface area contributed by atoms with Crippen LogP contribution in [0.25, 0.3) is 0 Å². The number of hydrazone groups is 1. The molecule has 4 nitrogen and oxygen atoms in total. The number of hydrazine groups is 1. The summed E-state index contributed by atoms with van der Waals surface area (Å²) in [5.74, 6) is 6.43. The molecule has 5 heteroatoms. The number of benzene rings is 1. The van der Waals surface area contributed by atoms with Gasteiger partial charge in [-0.15, -0.1) is 12.6 Å². The van der Waals surface area contributed by atoms with Crippen LogP contribution in [0.3, 0.4) is 0 Å². The minimum Gasteiger partial charge on any atom is -0.275 e. The van der Waals surface area contributed by atoms with E-state index < -0.39 is 0 Å². The summed E-state index contributed by atoms with van der Waals surface area (Å²) in [5, 5.41) is 5.54. The van der Waals surface area contributed by atoms with E-state index in [1.54, 1.807) is 0 Å². The number of rotatable bonds is 1. The third-order valence-electron chi connectivity index (χ3n) is 1.83. The van der Waals surface area contributed by atoms with Crippen LogP contribution < -0.4 is 11.3 Å². The Morgan fingerprint density at radius 3 is 2.62 bits per heavy atom. The van der Waals surface area contributed by atoms with E-state index in [-0.39, 0.29) is 5.50 Å². The molecule has 0 radical (unpaired) electrons. The van der Waals surface area contributed by atoms with Gasteiger partial charge in [0.1, 0.15) is 0 Å². The van der Waals surface area contributed by atoms with Crippen molar-refractivity contribution in [1.82, 2.24) is 10.4 Å². The van der Waals surface area contributed by atoms with Crippen molar-refractivity contribution in [2.24, 2.45) is 10.9 Å². The average Bonchev–Trinajstić information content (AvgIpc) is 2.49. The van der Waals surface area contributed by atoms with Gasteiger partial charge in [-0.1, -0.05) is 30.3 Å². The number of hydrogen-bond donors (Lipinski definition) is 3. The molecule has 0 fully saturated rings. The zero-order valence-electron chi connectivity index (χ0n) is 6.88. The Morgan fingerprint density at radius 1 is 1.38 bits per heavy atom. The fourth-order valence-electron chi connectivity index (χ4n) is 1.16. The Morgan fingerprint density at radius 2 is 2.08 bits per heavy atom. The molecule has 2 rings (SSSR count). The highest BCUT2D eigenvalue weighted by molar-refractivity contribution is 7.80. The minimum absolute atomic E-state index is 0.241. The summed E-state index contributed by atoms with van der Waals surface area (Å²) >= 11 is 4.17. The lowest BCUT2D eigenvalue weighted by atomic mass is 10.2. The smallest absolute Gasteiger partial charge is 0.175 e. The van der Waals surface area contributed by atoms with Gasteiger partial charge in [0.05, 0.1) is 0 Å². The molecule has 3 N–H and O–H groups in total. The molecule has 0 aromatic heterocycles. The van der Waals surface area contributed by atoms with Gasteiger partial charge in [0.25, 0.3) is 0 Å². The summed E-state index contributed by atoms with van der Waals surface area (Å²) in [4.78, 5) is 0. The highest BCUT2D eigenvalue weighted by Crippen LogP contribution is 2.10. The highest BCUT2D eigenvalue weighted by Gasteiger charge is 2.22. The van der Waals surface area contributed by atoms with Gasteiger partial charge in [0, 0.05) is 5.56 Å². The number of nitrogens with two attached hydrogens (primary N) is 1. The predicted molar refractivity (Wildman–Crippen MR) is 54.9 cm³/mol. The number of hydrogen-bond acceptors (Lipinski definition) is 5. The van der Waals surface area contributed by atoms with E-state index in [0.29, 0.717) is 5.84 Å². The molecule has 13 heavy (non-hydrogen) atoms. The molecule has 68 valence electrons. The van der Waals surface area contributed by atoms with Gasteiger partial charge in [-0.2, -0.15) is 5.10 Å². The first kappa shape index (κ1) is 8.40.